The van der Waals surface area contributed by atoms with Gasteiger partial charge in [-0.15, -0.1) is 0 Å². The maximum atomic E-state index is 11.9. The molecule has 0 heterocycles. The molecule has 0 saturated heterocycles. The van der Waals surface area contributed by atoms with Crippen LogP contribution < -0.4 is 0 Å². The molecule has 170 valence electrons. The van der Waals surface area contributed by atoms with E-state index >= 15 is 0 Å². The van der Waals surface area contributed by atoms with E-state index < -0.39 is 74.7 Å². The molecule has 0 fully saturated rings. The second kappa shape index (κ2) is 11.7. The zero-order chi connectivity index (χ0) is 22.5. The van der Waals surface area contributed by atoms with Gasteiger partial charge in [-0.3, -0.25) is 13.7 Å². The van der Waals surface area contributed by atoms with Gasteiger partial charge in [-0.1, -0.05) is 6.92 Å². The molecule has 0 aromatic heterocycles. The smallest absolute Gasteiger partial charge is 0.269 e. The summed E-state index contributed by atoms with van der Waals surface area (Å²) in [5.41, 5.74) is 0. The summed E-state index contributed by atoms with van der Waals surface area (Å²) in [6, 6.07) is 0. The highest BCUT2D eigenvalue weighted by molar-refractivity contribution is 7.90. The fraction of sp³-hybridized carbons (Fsp3) is 1.00. The molecule has 6 atom stereocenters. The predicted octanol–water partition coefficient (Wildman–Crippen LogP) is 1.16. The quantitative estimate of drug-likeness (QED) is 0.135. The van der Waals surface area contributed by atoms with Crippen LogP contribution in [0.25, 0.3) is 0 Å². The molecule has 0 rings (SSSR count). The molecular weight excluding hydrogens is 513 g/mol. The Kier molecular flexibility index (Phi) is 12.1. The van der Waals surface area contributed by atoms with Crippen molar-refractivity contribution in [1.29, 1.82) is 0 Å². The molecule has 0 spiro atoms. The average Bonchev–Trinajstić information content (AvgIpc) is 2.42. The Morgan fingerprint density at radius 2 is 1.11 bits per heavy atom. The Labute approximate surface area is 188 Å². The topological polar surface area (TPSA) is 163 Å². The molecule has 0 bridgehead atoms. The van der Waals surface area contributed by atoms with Crippen LogP contribution >= 0.6 is 50.5 Å². The van der Waals surface area contributed by atoms with Gasteiger partial charge in [0.2, 0.25) is 0 Å². The van der Waals surface area contributed by atoms with Crippen molar-refractivity contribution in [1.82, 2.24) is 0 Å². The minimum atomic E-state index is -4.83. The average molecular weight is 539 g/mol. The molecular formula is C12H26O9S7. The number of hydrogen-bond donors (Lipinski definition) is 7. The van der Waals surface area contributed by atoms with Crippen molar-refractivity contribution in [3.63, 3.8) is 0 Å². The SMILES string of the molecule is CC(S)CC(CC(S)C(C(S)CC(CCS)S(=O)(=O)O)S(=O)(=O)O)S(=O)(=O)O. The number of hydrogen-bond acceptors (Lipinski definition) is 10. The summed E-state index contributed by atoms with van der Waals surface area (Å²) in [4.78, 5) is 0. The molecule has 0 saturated carbocycles. The van der Waals surface area contributed by atoms with Gasteiger partial charge in [0.15, 0.2) is 0 Å². The van der Waals surface area contributed by atoms with Crippen molar-refractivity contribution in [3.05, 3.63) is 0 Å². The molecule has 3 N–H and O–H groups in total. The summed E-state index contributed by atoms with van der Waals surface area (Å²) in [6.45, 7) is 1.57. The first-order valence-corrected chi connectivity index (χ1v) is 14.6. The van der Waals surface area contributed by atoms with Gasteiger partial charge < -0.3 is 0 Å². The molecule has 28 heavy (non-hydrogen) atoms. The van der Waals surface area contributed by atoms with Crippen LogP contribution in [-0.2, 0) is 30.4 Å². The molecule has 0 aromatic carbocycles. The van der Waals surface area contributed by atoms with Crippen molar-refractivity contribution in [3.8, 4) is 0 Å². The summed E-state index contributed by atoms with van der Waals surface area (Å²) >= 11 is 16.1. The van der Waals surface area contributed by atoms with Crippen LogP contribution in [0.2, 0.25) is 0 Å². The first-order chi connectivity index (χ1) is 12.4. The standard InChI is InChI=1S/C12H26O9S7/c1-7(23)4-9(27(16,17)18)6-11(25)12(28(19,20)21)10(24)5-8(2-3-22)26(13,14)15/h7-12,22-25H,2-6H2,1H3,(H,13,14,15)(H,16,17,18)(H,19,20,21). The summed E-state index contributed by atoms with van der Waals surface area (Å²) < 4.78 is 98.0. The van der Waals surface area contributed by atoms with E-state index in [9.17, 15) is 38.9 Å². The summed E-state index contributed by atoms with van der Waals surface area (Å²) in [7, 11) is -13.9. The highest BCUT2D eigenvalue weighted by Crippen LogP contribution is 2.30. The van der Waals surface area contributed by atoms with E-state index in [1.165, 1.54) is 0 Å². The van der Waals surface area contributed by atoms with Crippen molar-refractivity contribution >= 4 is 80.9 Å². The molecule has 0 aliphatic rings. The van der Waals surface area contributed by atoms with Gasteiger partial charge in [-0.2, -0.15) is 75.8 Å². The minimum Gasteiger partial charge on any atom is -0.285 e. The van der Waals surface area contributed by atoms with Crippen LogP contribution in [0, 0.1) is 0 Å². The first kappa shape index (κ1) is 29.1. The van der Waals surface area contributed by atoms with Crippen molar-refractivity contribution < 1.29 is 38.9 Å². The van der Waals surface area contributed by atoms with Gasteiger partial charge in [-0.05, 0) is 31.4 Å². The molecule has 0 aliphatic heterocycles. The molecule has 9 nitrogen and oxygen atoms in total. The van der Waals surface area contributed by atoms with Gasteiger partial charge >= 0.3 is 0 Å². The van der Waals surface area contributed by atoms with Gasteiger partial charge in [-0.25, -0.2) is 0 Å². The van der Waals surface area contributed by atoms with Crippen molar-refractivity contribution in [2.45, 2.75) is 64.1 Å². The van der Waals surface area contributed by atoms with E-state index in [4.69, 9.17) is 0 Å². The van der Waals surface area contributed by atoms with Crippen LogP contribution in [0.4, 0.5) is 0 Å². The summed E-state index contributed by atoms with van der Waals surface area (Å²) in [5.74, 6) is 0.0798. The van der Waals surface area contributed by atoms with Crippen molar-refractivity contribution in [2.75, 3.05) is 5.75 Å². The predicted molar refractivity (Wildman–Crippen MR) is 122 cm³/mol. The highest BCUT2D eigenvalue weighted by Gasteiger charge is 2.41. The lowest BCUT2D eigenvalue weighted by atomic mass is 10.0. The maximum Gasteiger partial charge on any atom is 0.269 e. The van der Waals surface area contributed by atoms with E-state index in [1.807, 2.05) is 0 Å². The maximum absolute atomic E-state index is 11.9. The Bertz CT molecular complexity index is 791. The second-order valence-corrected chi connectivity index (χ2v) is 14.1. The minimum absolute atomic E-state index is 0.0798. The molecule has 0 amide bonds. The van der Waals surface area contributed by atoms with Crippen molar-refractivity contribution in [2.24, 2.45) is 0 Å². The third kappa shape index (κ3) is 10.4. The monoisotopic (exact) mass is 538 g/mol. The Balaban J connectivity index is 5.73. The first-order valence-electron chi connectivity index (χ1n) is 7.95. The number of thiol groups is 4. The zero-order valence-corrected chi connectivity index (χ0v) is 20.8. The third-order valence-electron chi connectivity index (χ3n) is 4.01. The second-order valence-electron chi connectivity index (χ2n) is 6.46. The molecule has 0 aromatic rings. The Hall–Kier alpha value is 1.13. The lowest BCUT2D eigenvalue weighted by Crippen LogP contribution is -2.43. The van der Waals surface area contributed by atoms with Crippen LogP contribution in [0.5, 0.6) is 0 Å². The van der Waals surface area contributed by atoms with E-state index in [0.29, 0.717) is 0 Å². The summed E-state index contributed by atoms with van der Waals surface area (Å²) in [6.07, 6.45) is -1.12. The Morgan fingerprint density at radius 1 is 0.714 bits per heavy atom. The summed E-state index contributed by atoms with van der Waals surface area (Å²) in [5, 5.41) is -7.60. The third-order valence-corrected chi connectivity index (χ3v) is 9.79. The molecule has 0 aliphatic carbocycles. The molecule has 0 radical (unpaired) electrons. The molecule has 6 unspecified atom stereocenters. The van der Waals surface area contributed by atoms with Crippen LogP contribution in [0.15, 0.2) is 0 Å². The lowest BCUT2D eigenvalue weighted by molar-refractivity contribution is 0.431. The fourth-order valence-electron chi connectivity index (χ4n) is 2.71. The van der Waals surface area contributed by atoms with Gasteiger partial charge in [0.05, 0.1) is 10.5 Å². The largest absolute Gasteiger partial charge is 0.285 e. The fourth-order valence-corrected chi connectivity index (χ4v) is 8.73. The highest BCUT2D eigenvalue weighted by atomic mass is 32.2. The zero-order valence-electron chi connectivity index (χ0n) is 14.8. The van der Waals surface area contributed by atoms with Crippen LogP contribution in [0.1, 0.15) is 32.6 Å². The number of rotatable bonds is 13. The van der Waals surface area contributed by atoms with E-state index in [0.717, 1.165) is 0 Å². The van der Waals surface area contributed by atoms with Gasteiger partial charge in [0, 0.05) is 15.7 Å². The van der Waals surface area contributed by atoms with Gasteiger partial charge in [0.1, 0.15) is 5.25 Å². The molecule has 16 heteroatoms. The van der Waals surface area contributed by atoms with Gasteiger partial charge in [0.25, 0.3) is 30.4 Å². The van der Waals surface area contributed by atoms with Crippen LogP contribution in [-0.4, -0.2) is 76.2 Å². The van der Waals surface area contributed by atoms with E-state index in [1.54, 1.807) is 6.92 Å². The lowest BCUT2D eigenvalue weighted by Gasteiger charge is -2.29. The van der Waals surface area contributed by atoms with E-state index in [-0.39, 0.29) is 18.6 Å². The Morgan fingerprint density at radius 3 is 1.39 bits per heavy atom. The normalized spacial score (nSPS) is 20.1. The van der Waals surface area contributed by atoms with E-state index in [2.05, 4.69) is 50.5 Å². The van der Waals surface area contributed by atoms with Crippen LogP contribution in [0.3, 0.4) is 0 Å².